The fourth-order valence-electron chi connectivity index (χ4n) is 2.49. The maximum atomic E-state index is 13.4. The number of nitrogens with one attached hydrogen (secondary N) is 1. The Morgan fingerprint density at radius 1 is 1.33 bits per heavy atom. The van der Waals surface area contributed by atoms with Gasteiger partial charge in [0.25, 0.3) is 0 Å². The number of aromatic amines is 1. The van der Waals surface area contributed by atoms with Gasteiger partial charge in [-0.2, -0.15) is 5.26 Å². The summed E-state index contributed by atoms with van der Waals surface area (Å²) < 4.78 is 23.7. The highest BCUT2D eigenvalue weighted by Crippen LogP contribution is 2.25. The van der Waals surface area contributed by atoms with E-state index < -0.39 is 11.8 Å². The van der Waals surface area contributed by atoms with Crippen molar-refractivity contribution in [2.75, 3.05) is 13.2 Å². The summed E-state index contributed by atoms with van der Waals surface area (Å²) in [5.41, 5.74) is 1.90. The molecule has 3 aromatic rings. The lowest BCUT2D eigenvalue weighted by Gasteiger charge is -2.08. The van der Waals surface area contributed by atoms with E-state index in [2.05, 4.69) is 16.0 Å². The number of benzene rings is 2. The molecule has 3 rings (SSSR count). The number of nitriles is 1. The minimum Gasteiger partial charge on any atom is -0.481 e. The minimum absolute atomic E-state index is 0.232. The molecule has 0 unspecified atom stereocenters. The molecule has 0 bridgehead atoms. The fraction of sp³-hybridized carbons (Fsp3) is 0.150. The highest BCUT2D eigenvalue weighted by molar-refractivity contribution is 5.91. The second-order valence-corrected chi connectivity index (χ2v) is 5.55. The van der Waals surface area contributed by atoms with E-state index in [0.29, 0.717) is 28.2 Å². The maximum Gasteiger partial charge on any atom is 0.344 e. The molecule has 1 heterocycles. The first-order chi connectivity index (χ1) is 13.1. The smallest absolute Gasteiger partial charge is 0.344 e. The van der Waals surface area contributed by atoms with E-state index in [1.807, 2.05) is 0 Å². The standard InChI is InChI=1S/C20H16FN3O3/c1-2-26-19(25)12-27-18-6-4-3-5-13(18)9-14(11-22)20-23-16-8-7-15(21)10-17(16)24-20/h3-10H,2,12H2,1H3,(H,23,24)/b14-9-. The van der Waals surface area contributed by atoms with E-state index in [9.17, 15) is 14.4 Å². The number of halogens is 1. The van der Waals surface area contributed by atoms with Crippen LogP contribution < -0.4 is 4.74 Å². The minimum atomic E-state index is -0.476. The first-order valence-corrected chi connectivity index (χ1v) is 8.25. The van der Waals surface area contributed by atoms with Gasteiger partial charge in [-0.3, -0.25) is 0 Å². The molecule has 0 aliphatic heterocycles. The number of carbonyl (C=O) groups excluding carboxylic acids is 1. The Hall–Kier alpha value is -3.66. The number of aromatic nitrogens is 2. The first kappa shape index (κ1) is 18.1. The Bertz CT molecular complexity index is 1050. The van der Waals surface area contributed by atoms with E-state index in [4.69, 9.17) is 9.47 Å². The number of rotatable bonds is 6. The van der Waals surface area contributed by atoms with Gasteiger partial charge in [0.05, 0.1) is 23.2 Å². The van der Waals surface area contributed by atoms with Gasteiger partial charge in [-0.15, -0.1) is 0 Å². The number of ether oxygens (including phenoxy) is 2. The van der Waals surface area contributed by atoms with Crippen molar-refractivity contribution in [2.45, 2.75) is 6.92 Å². The van der Waals surface area contributed by atoms with Crippen molar-refractivity contribution in [3.8, 4) is 11.8 Å². The Labute approximate surface area is 154 Å². The second-order valence-electron chi connectivity index (χ2n) is 5.55. The number of carbonyl (C=O) groups is 1. The average molecular weight is 365 g/mol. The largest absolute Gasteiger partial charge is 0.481 e. The quantitative estimate of drug-likeness (QED) is 0.531. The Balaban J connectivity index is 1.91. The lowest BCUT2D eigenvalue weighted by atomic mass is 10.1. The van der Waals surface area contributed by atoms with E-state index in [1.165, 1.54) is 18.2 Å². The molecule has 0 amide bonds. The summed E-state index contributed by atoms with van der Waals surface area (Å²) in [6.07, 6.45) is 1.59. The number of nitrogens with zero attached hydrogens (tertiary/aromatic N) is 2. The van der Waals surface area contributed by atoms with Crippen molar-refractivity contribution in [3.05, 3.63) is 59.7 Å². The second kappa shape index (κ2) is 8.15. The number of hydrogen-bond acceptors (Lipinski definition) is 5. The lowest BCUT2D eigenvalue weighted by molar-refractivity contribution is -0.145. The van der Waals surface area contributed by atoms with Gasteiger partial charge in [0, 0.05) is 5.56 Å². The van der Waals surface area contributed by atoms with Crippen molar-refractivity contribution in [1.29, 1.82) is 5.26 Å². The van der Waals surface area contributed by atoms with E-state index in [0.717, 1.165) is 0 Å². The molecule has 0 spiro atoms. The molecule has 0 saturated carbocycles. The van der Waals surface area contributed by atoms with Crippen LogP contribution in [0.3, 0.4) is 0 Å². The topological polar surface area (TPSA) is 88.0 Å². The van der Waals surface area contributed by atoms with Crippen LogP contribution in [0.2, 0.25) is 0 Å². The Morgan fingerprint density at radius 2 is 2.15 bits per heavy atom. The number of H-pyrrole nitrogens is 1. The predicted molar refractivity (Wildman–Crippen MR) is 98.1 cm³/mol. The molecule has 0 saturated heterocycles. The number of fused-ring (bicyclic) bond motifs is 1. The zero-order chi connectivity index (χ0) is 19.2. The summed E-state index contributed by atoms with van der Waals surface area (Å²) in [6.45, 7) is 1.76. The zero-order valence-electron chi connectivity index (χ0n) is 14.5. The van der Waals surface area contributed by atoms with Crippen LogP contribution in [-0.2, 0) is 9.53 Å². The summed E-state index contributed by atoms with van der Waals surface area (Å²) in [6, 6.07) is 13.2. The van der Waals surface area contributed by atoms with Crippen LogP contribution in [0.25, 0.3) is 22.7 Å². The summed E-state index contributed by atoms with van der Waals surface area (Å²) in [5, 5.41) is 9.53. The number of esters is 1. The van der Waals surface area contributed by atoms with E-state index >= 15 is 0 Å². The van der Waals surface area contributed by atoms with Crippen LogP contribution in [0.5, 0.6) is 5.75 Å². The Kier molecular flexibility index (Phi) is 5.47. The summed E-state index contributed by atoms with van der Waals surface area (Å²) >= 11 is 0. The highest BCUT2D eigenvalue weighted by Gasteiger charge is 2.11. The average Bonchev–Trinajstić information content (AvgIpc) is 3.08. The van der Waals surface area contributed by atoms with Crippen molar-refractivity contribution >= 4 is 28.7 Å². The van der Waals surface area contributed by atoms with Crippen molar-refractivity contribution < 1.29 is 18.7 Å². The van der Waals surface area contributed by atoms with Crippen molar-refractivity contribution in [1.82, 2.24) is 9.97 Å². The molecule has 7 heteroatoms. The van der Waals surface area contributed by atoms with Crippen molar-refractivity contribution in [2.24, 2.45) is 0 Å². The zero-order valence-corrected chi connectivity index (χ0v) is 14.5. The van der Waals surface area contributed by atoms with Crippen LogP contribution in [0.1, 0.15) is 18.3 Å². The summed E-state index contributed by atoms with van der Waals surface area (Å²) in [4.78, 5) is 18.8. The Morgan fingerprint density at radius 3 is 2.93 bits per heavy atom. The molecule has 0 atom stereocenters. The maximum absolute atomic E-state index is 13.4. The molecule has 6 nitrogen and oxygen atoms in total. The fourth-order valence-corrected chi connectivity index (χ4v) is 2.49. The van der Waals surface area contributed by atoms with Gasteiger partial charge in [0.15, 0.2) is 6.61 Å². The number of imidazole rings is 1. The van der Waals surface area contributed by atoms with Crippen LogP contribution in [0.15, 0.2) is 42.5 Å². The van der Waals surface area contributed by atoms with Gasteiger partial charge in [-0.1, -0.05) is 18.2 Å². The van der Waals surface area contributed by atoms with Crippen LogP contribution in [0, 0.1) is 17.1 Å². The van der Waals surface area contributed by atoms with Gasteiger partial charge >= 0.3 is 5.97 Å². The molecule has 0 radical (unpaired) electrons. The van der Waals surface area contributed by atoms with Gasteiger partial charge in [0.2, 0.25) is 0 Å². The number of allylic oxidation sites excluding steroid dienone is 1. The summed E-state index contributed by atoms with van der Waals surface area (Å²) in [5.74, 6) is -0.118. The molecule has 0 aliphatic rings. The first-order valence-electron chi connectivity index (χ1n) is 8.25. The molecular formula is C20H16FN3O3. The molecule has 27 heavy (non-hydrogen) atoms. The highest BCUT2D eigenvalue weighted by atomic mass is 19.1. The number of hydrogen-bond donors (Lipinski definition) is 1. The molecule has 1 N–H and O–H groups in total. The van der Waals surface area contributed by atoms with E-state index in [-0.39, 0.29) is 18.8 Å². The lowest BCUT2D eigenvalue weighted by Crippen LogP contribution is -2.14. The monoisotopic (exact) mass is 365 g/mol. The molecule has 2 aromatic carbocycles. The SMILES string of the molecule is CCOC(=O)COc1ccccc1/C=C(/C#N)c1nc2ccc(F)cc2[nH]1. The molecule has 0 fully saturated rings. The van der Waals surface area contributed by atoms with Crippen LogP contribution in [0.4, 0.5) is 4.39 Å². The third kappa shape index (κ3) is 4.30. The van der Waals surface area contributed by atoms with Gasteiger partial charge in [0.1, 0.15) is 23.5 Å². The van der Waals surface area contributed by atoms with Gasteiger partial charge in [-0.05, 0) is 37.3 Å². The molecule has 136 valence electrons. The molecule has 0 aliphatic carbocycles. The van der Waals surface area contributed by atoms with Gasteiger partial charge in [-0.25, -0.2) is 14.2 Å². The normalized spacial score (nSPS) is 11.2. The predicted octanol–water partition coefficient (Wildman–Crippen LogP) is 3.71. The van der Waals surface area contributed by atoms with E-state index in [1.54, 1.807) is 37.3 Å². The third-order valence-electron chi connectivity index (χ3n) is 3.69. The third-order valence-corrected chi connectivity index (χ3v) is 3.69. The molecular weight excluding hydrogens is 349 g/mol. The van der Waals surface area contributed by atoms with Gasteiger partial charge < -0.3 is 14.5 Å². The van der Waals surface area contributed by atoms with Crippen LogP contribution >= 0.6 is 0 Å². The summed E-state index contributed by atoms with van der Waals surface area (Å²) in [7, 11) is 0. The number of para-hydroxylation sites is 1. The molecule has 1 aromatic heterocycles. The van der Waals surface area contributed by atoms with Crippen molar-refractivity contribution in [3.63, 3.8) is 0 Å². The van der Waals surface area contributed by atoms with Crippen LogP contribution in [-0.4, -0.2) is 29.2 Å².